The number of benzene rings is 1. The molecule has 0 spiro atoms. The number of hydrogen-bond acceptors (Lipinski definition) is 4. The van der Waals surface area contributed by atoms with Gasteiger partial charge >= 0.3 is 11.9 Å². The van der Waals surface area contributed by atoms with E-state index in [0.29, 0.717) is 19.4 Å². The van der Waals surface area contributed by atoms with E-state index in [1.165, 1.54) is 0 Å². The lowest BCUT2D eigenvalue weighted by Gasteiger charge is -2.21. The summed E-state index contributed by atoms with van der Waals surface area (Å²) in [6.07, 6.45) is 2.41. The van der Waals surface area contributed by atoms with Crippen molar-refractivity contribution in [2.45, 2.75) is 45.4 Å². The Morgan fingerprint density at radius 2 is 1.95 bits per heavy atom. The molecule has 0 aromatic heterocycles. The van der Waals surface area contributed by atoms with E-state index in [-0.39, 0.29) is 23.7 Å². The molecule has 2 unspecified atom stereocenters. The van der Waals surface area contributed by atoms with Crippen LogP contribution < -0.4 is 5.32 Å². The van der Waals surface area contributed by atoms with Crippen LogP contribution in [0.4, 0.5) is 0 Å². The van der Waals surface area contributed by atoms with Gasteiger partial charge in [-0.1, -0.05) is 18.2 Å². The third kappa shape index (κ3) is 6.10. The van der Waals surface area contributed by atoms with E-state index >= 15 is 0 Å². The van der Waals surface area contributed by atoms with E-state index in [1.807, 2.05) is 13.8 Å². The smallest absolute Gasteiger partial charge is 0.335 e. The summed E-state index contributed by atoms with van der Waals surface area (Å²) in [5.41, 5.74) is 1.24. The van der Waals surface area contributed by atoms with Crippen molar-refractivity contribution in [3.05, 3.63) is 48.0 Å². The Labute approximate surface area is 131 Å². The fourth-order valence-electron chi connectivity index (χ4n) is 1.80. The fraction of sp³-hybridized carbons (Fsp3) is 0.412. The Bertz CT molecular complexity index is 510. The lowest BCUT2D eigenvalue weighted by molar-refractivity contribution is -0.149. The highest BCUT2D eigenvalue weighted by molar-refractivity contribution is 5.87. The summed E-state index contributed by atoms with van der Waals surface area (Å²) in [6, 6.07) is 6.67. The summed E-state index contributed by atoms with van der Waals surface area (Å²) in [5.74, 6) is -1.17. The molecule has 1 rings (SSSR count). The Hall–Kier alpha value is -2.14. The number of carboxylic acid groups (broad SMARTS) is 1. The van der Waals surface area contributed by atoms with Crippen molar-refractivity contribution >= 4 is 11.9 Å². The molecule has 0 aliphatic carbocycles. The first-order chi connectivity index (χ1) is 10.4. The van der Waals surface area contributed by atoms with E-state index < -0.39 is 5.97 Å². The highest BCUT2D eigenvalue weighted by Gasteiger charge is 2.16. The zero-order valence-corrected chi connectivity index (χ0v) is 13.0. The number of nitrogens with one attached hydrogen (secondary N) is 1. The quantitative estimate of drug-likeness (QED) is 0.542. The van der Waals surface area contributed by atoms with Gasteiger partial charge in [0.05, 0.1) is 5.56 Å². The summed E-state index contributed by atoms with van der Waals surface area (Å²) in [6.45, 7) is 7.93. The predicted octanol–water partition coefficient (Wildman–Crippen LogP) is 2.76. The molecule has 2 atom stereocenters. The first kappa shape index (κ1) is 17.9. The van der Waals surface area contributed by atoms with Gasteiger partial charge in [0.25, 0.3) is 0 Å². The summed E-state index contributed by atoms with van der Waals surface area (Å²) in [4.78, 5) is 22.3. The molecule has 0 aliphatic rings. The zero-order valence-electron chi connectivity index (χ0n) is 13.0. The van der Waals surface area contributed by atoms with Gasteiger partial charge in [-0.15, -0.1) is 6.58 Å². The minimum atomic E-state index is -0.937. The van der Waals surface area contributed by atoms with E-state index in [4.69, 9.17) is 9.84 Å². The molecule has 0 radical (unpaired) electrons. The maximum atomic E-state index is 11.5. The minimum absolute atomic E-state index is 0.00756. The summed E-state index contributed by atoms with van der Waals surface area (Å²) in [7, 11) is 0. The molecule has 0 amide bonds. The summed E-state index contributed by atoms with van der Waals surface area (Å²) < 4.78 is 5.33. The van der Waals surface area contributed by atoms with Gasteiger partial charge in [0.2, 0.25) is 0 Å². The van der Waals surface area contributed by atoms with E-state index in [0.717, 1.165) is 5.56 Å². The largest absolute Gasteiger partial charge is 0.478 e. The predicted molar refractivity (Wildman–Crippen MR) is 84.7 cm³/mol. The van der Waals surface area contributed by atoms with Crippen molar-refractivity contribution < 1.29 is 19.4 Å². The van der Waals surface area contributed by atoms with Crippen LogP contribution in [0.25, 0.3) is 0 Å². The average molecular weight is 305 g/mol. The molecule has 1 aromatic carbocycles. The molecule has 0 saturated carbocycles. The van der Waals surface area contributed by atoms with Crippen molar-refractivity contribution in [3.8, 4) is 0 Å². The number of allylic oxidation sites excluding steroid dienone is 1. The number of aromatic carboxylic acids is 1. The number of carbonyl (C=O) groups excluding carboxylic acids is 1. The van der Waals surface area contributed by atoms with Gasteiger partial charge in [0, 0.05) is 19.0 Å². The minimum Gasteiger partial charge on any atom is -0.478 e. The fourth-order valence-corrected chi connectivity index (χ4v) is 1.80. The van der Waals surface area contributed by atoms with Crippen LogP contribution >= 0.6 is 0 Å². The first-order valence-electron chi connectivity index (χ1n) is 7.30. The standard InChI is InChI=1S/C17H23NO4/c1-4-5-6-16(19)22-13(3)12(2)18-11-14-7-9-15(10-8-14)17(20)21/h4,7-10,12-13,18H,1,5-6,11H2,2-3H3,(H,20,21). The maximum Gasteiger partial charge on any atom is 0.335 e. The molecule has 1 aromatic rings. The van der Waals surface area contributed by atoms with Gasteiger partial charge in [-0.25, -0.2) is 4.79 Å². The van der Waals surface area contributed by atoms with Gasteiger partial charge in [-0.3, -0.25) is 4.79 Å². The Morgan fingerprint density at radius 3 is 2.50 bits per heavy atom. The van der Waals surface area contributed by atoms with Crippen molar-refractivity contribution in [1.82, 2.24) is 5.32 Å². The normalized spacial score (nSPS) is 13.2. The van der Waals surface area contributed by atoms with Crippen LogP contribution in [0.5, 0.6) is 0 Å². The van der Waals surface area contributed by atoms with Gasteiger partial charge in [-0.2, -0.15) is 0 Å². The SMILES string of the molecule is C=CCCC(=O)OC(C)C(C)NCc1ccc(C(=O)O)cc1. The molecular weight excluding hydrogens is 282 g/mol. The van der Waals surface area contributed by atoms with Crippen LogP contribution in [-0.4, -0.2) is 29.2 Å². The third-order valence-electron chi connectivity index (χ3n) is 3.40. The first-order valence-corrected chi connectivity index (χ1v) is 7.30. The molecule has 0 aliphatic heterocycles. The van der Waals surface area contributed by atoms with E-state index in [1.54, 1.807) is 30.3 Å². The van der Waals surface area contributed by atoms with E-state index in [2.05, 4.69) is 11.9 Å². The van der Waals surface area contributed by atoms with Crippen LogP contribution in [0.3, 0.4) is 0 Å². The second-order valence-electron chi connectivity index (χ2n) is 5.19. The van der Waals surface area contributed by atoms with Crippen molar-refractivity contribution in [3.63, 3.8) is 0 Å². The van der Waals surface area contributed by atoms with Gasteiger partial charge in [-0.05, 0) is 38.0 Å². The molecule has 5 heteroatoms. The second kappa shape index (κ2) is 9.00. The average Bonchev–Trinajstić information content (AvgIpc) is 2.50. The van der Waals surface area contributed by atoms with E-state index in [9.17, 15) is 9.59 Å². The van der Waals surface area contributed by atoms with Crippen molar-refractivity contribution in [1.29, 1.82) is 0 Å². The van der Waals surface area contributed by atoms with Crippen LogP contribution in [0.15, 0.2) is 36.9 Å². The van der Waals surface area contributed by atoms with Crippen LogP contribution in [0, 0.1) is 0 Å². The molecule has 22 heavy (non-hydrogen) atoms. The summed E-state index contributed by atoms with van der Waals surface area (Å²) in [5, 5.41) is 12.1. The molecular formula is C17H23NO4. The Kier molecular flexibility index (Phi) is 7.32. The highest BCUT2D eigenvalue weighted by atomic mass is 16.5. The molecule has 0 bridgehead atoms. The molecule has 0 heterocycles. The number of rotatable bonds is 9. The molecule has 5 nitrogen and oxygen atoms in total. The number of esters is 1. The van der Waals surface area contributed by atoms with Crippen molar-refractivity contribution in [2.24, 2.45) is 0 Å². The highest BCUT2D eigenvalue weighted by Crippen LogP contribution is 2.07. The monoisotopic (exact) mass is 305 g/mol. The molecule has 2 N–H and O–H groups in total. The van der Waals surface area contributed by atoms with Gasteiger partial charge in [0.15, 0.2) is 0 Å². The molecule has 0 fully saturated rings. The lowest BCUT2D eigenvalue weighted by Crippen LogP contribution is -2.38. The maximum absolute atomic E-state index is 11.5. The molecule has 120 valence electrons. The van der Waals surface area contributed by atoms with Crippen molar-refractivity contribution in [2.75, 3.05) is 0 Å². The number of carboxylic acids is 1. The zero-order chi connectivity index (χ0) is 16.5. The Balaban J connectivity index is 2.40. The number of hydrogen-bond donors (Lipinski definition) is 2. The Morgan fingerprint density at radius 1 is 1.32 bits per heavy atom. The summed E-state index contributed by atoms with van der Waals surface area (Å²) >= 11 is 0. The van der Waals surface area contributed by atoms with Crippen LogP contribution in [-0.2, 0) is 16.1 Å². The molecule has 0 saturated heterocycles. The number of ether oxygens (including phenoxy) is 1. The number of carbonyl (C=O) groups is 2. The topological polar surface area (TPSA) is 75.6 Å². The van der Waals surface area contributed by atoms with Crippen LogP contribution in [0.1, 0.15) is 42.6 Å². The van der Waals surface area contributed by atoms with Gasteiger partial charge in [0.1, 0.15) is 6.10 Å². The second-order valence-corrected chi connectivity index (χ2v) is 5.19. The lowest BCUT2D eigenvalue weighted by atomic mass is 10.1. The third-order valence-corrected chi connectivity index (χ3v) is 3.40. The van der Waals surface area contributed by atoms with Gasteiger partial charge < -0.3 is 15.2 Å². The van der Waals surface area contributed by atoms with Crippen LogP contribution in [0.2, 0.25) is 0 Å².